The van der Waals surface area contributed by atoms with Gasteiger partial charge in [-0.15, -0.1) is 0 Å². The second kappa shape index (κ2) is 60.1. The van der Waals surface area contributed by atoms with Gasteiger partial charge in [0, 0.05) is 101 Å². The molecule has 0 aliphatic rings. The number of halogens is 7. The number of rotatable bonds is 20. The van der Waals surface area contributed by atoms with Crippen LogP contribution in [-0.2, 0) is 60.3 Å². The van der Waals surface area contributed by atoms with Gasteiger partial charge < -0.3 is 93.7 Å². The molecule has 5 heterocycles. The Labute approximate surface area is 686 Å². The molecule has 0 radical (unpaired) electrons. The highest BCUT2D eigenvalue weighted by Gasteiger charge is 2.37. The van der Waals surface area contributed by atoms with E-state index in [-0.39, 0.29) is 115 Å². The van der Waals surface area contributed by atoms with Crippen molar-refractivity contribution in [3.63, 3.8) is 0 Å². The Morgan fingerprint density at radius 1 is 0.482 bits per heavy atom. The van der Waals surface area contributed by atoms with Crippen LogP contribution >= 0.6 is 7.92 Å². The van der Waals surface area contributed by atoms with Gasteiger partial charge in [-0.1, -0.05) is 250 Å². The van der Waals surface area contributed by atoms with Crippen LogP contribution in [0.3, 0.4) is 0 Å². The second-order valence-corrected chi connectivity index (χ2v) is 27.1. The van der Waals surface area contributed by atoms with E-state index in [0.717, 1.165) is 50.2 Å². The van der Waals surface area contributed by atoms with Crippen molar-refractivity contribution < 1.29 is 141 Å². The van der Waals surface area contributed by atoms with Crippen LogP contribution in [0.25, 0.3) is 10.9 Å². The Morgan fingerprint density at radius 3 is 1.25 bits per heavy atom. The number of carbonyl (C=O) groups excluding carboxylic acids is 1. The molecule has 12 aromatic rings. The molecule has 0 saturated carbocycles. The highest BCUT2D eigenvalue weighted by Crippen LogP contribution is 2.33. The summed E-state index contributed by atoms with van der Waals surface area (Å²) in [6.07, 6.45) is 19.7. The van der Waals surface area contributed by atoms with E-state index in [0.29, 0.717) is 23.6 Å². The number of nitrogens with two attached hydrogens (primary N) is 1. The number of hydrogen-bond acceptors (Lipinski definition) is 10. The largest absolute Gasteiger partial charge is 1.00 e. The number of para-hydroxylation sites is 1. The van der Waals surface area contributed by atoms with Crippen LogP contribution in [0.2, 0.25) is 0 Å². The van der Waals surface area contributed by atoms with Gasteiger partial charge in [0.05, 0.1) is 7.11 Å². The van der Waals surface area contributed by atoms with Crippen LogP contribution in [0.4, 0.5) is 13.2 Å². The summed E-state index contributed by atoms with van der Waals surface area (Å²) < 4.78 is 95.5. The lowest BCUT2D eigenvalue weighted by Gasteiger charge is -2.17. The number of methoxy groups -OCH3 is 1. The van der Waals surface area contributed by atoms with Crippen molar-refractivity contribution in [1.82, 2.24) is 0 Å². The topological polar surface area (TPSA) is 230 Å². The fourth-order valence-electron chi connectivity index (χ4n) is 9.67. The molecule has 1 amide bonds. The lowest BCUT2D eigenvalue weighted by molar-refractivity contribution is -0.688. The van der Waals surface area contributed by atoms with Gasteiger partial charge in [-0.25, -0.2) is 13.0 Å². The first-order valence-electron chi connectivity index (χ1n) is 31.9. The first kappa shape index (κ1) is 108. The Kier molecular flexibility index (Phi) is 58.8. The van der Waals surface area contributed by atoms with Gasteiger partial charge in [-0.2, -0.15) is 31.4 Å². The van der Waals surface area contributed by atoms with Crippen LogP contribution in [0, 0.1) is 0 Å². The number of aliphatic hydroxyl groups excluding tert-OH is 2. The minimum absolute atomic E-state index is 0. The van der Waals surface area contributed by atoms with Crippen molar-refractivity contribution in [3.05, 3.63) is 362 Å². The number of alkyl halides is 3. The van der Waals surface area contributed by atoms with Crippen molar-refractivity contribution in [2.45, 2.75) is 81.8 Å². The Hall–Kier alpha value is -8.68. The summed E-state index contributed by atoms with van der Waals surface area (Å²) in [5.41, 5.74) is 8.86. The highest BCUT2D eigenvalue weighted by atomic mass is 79.9. The van der Waals surface area contributed by atoms with Crippen LogP contribution in [0.5, 0.6) is 11.5 Å². The molecule has 0 bridgehead atoms. The van der Waals surface area contributed by atoms with Crippen LogP contribution in [0.1, 0.15) is 80.9 Å². The third-order valence-corrected chi connectivity index (χ3v) is 18.4. The third-order valence-electron chi connectivity index (χ3n) is 14.5. The molecule has 26 heteroatoms. The molecule has 0 spiro atoms. The summed E-state index contributed by atoms with van der Waals surface area (Å²) in [6, 6.07) is 89.0. The number of primary amides is 1. The fraction of sp³-hybridized carbons (Fsp3) is 0.214. The molecule has 2 unspecified atom stereocenters. The van der Waals surface area contributed by atoms with Crippen LogP contribution in [0.15, 0.2) is 323 Å². The zero-order valence-corrected chi connectivity index (χ0v) is 64.5. The quantitative estimate of drug-likeness (QED) is 0.0283. The van der Waals surface area contributed by atoms with Crippen molar-refractivity contribution in [2.75, 3.05) is 38.4 Å². The zero-order chi connectivity index (χ0) is 72.5. The molecule has 0 saturated heterocycles. The lowest BCUT2D eigenvalue weighted by atomic mass is 10.2. The number of ether oxygens (including phenoxy) is 1. The summed E-state index contributed by atoms with van der Waals surface area (Å²) in [5, 5.41) is 29.5. The molecule has 16 nitrogen and oxygen atoms in total. The van der Waals surface area contributed by atoms with E-state index in [9.17, 15) is 31.8 Å². The van der Waals surface area contributed by atoms with Crippen molar-refractivity contribution in [2.24, 2.45) is 5.73 Å². The maximum absolute atomic E-state index is 11.0. The number of nitrogens with zero attached hydrogens (tertiary/aromatic N) is 5. The molecule has 110 heavy (non-hydrogen) atoms. The summed E-state index contributed by atoms with van der Waals surface area (Å²) in [7, 11) is -4.94. The minimum Gasteiger partial charge on any atom is -1.00 e. The van der Waals surface area contributed by atoms with E-state index in [2.05, 4.69) is 141 Å². The number of carbonyl (C=O) groups is 1. The van der Waals surface area contributed by atoms with Crippen molar-refractivity contribution in [3.8, 4) is 11.5 Å². The zero-order valence-electron chi connectivity index (χ0n) is 57.3. The molecular weight excluding hydrogens is 1640 g/mol. The molecule has 5 aromatic heterocycles. The Morgan fingerprint density at radius 2 is 0.836 bits per heavy atom. The van der Waals surface area contributed by atoms with Crippen LogP contribution in [-0.4, -0.2) is 86.9 Å². The van der Waals surface area contributed by atoms with E-state index in [4.69, 9.17) is 33.7 Å². The van der Waals surface area contributed by atoms with Crippen molar-refractivity contribution >= 4 is 51.2 Å². The van der Waals surface area contributed by atoms with Gasteiger partial charge in [-0.3, -0.25) is 9.00 Å². The number of benzene rings is 7. The van der Waals surface area contributed by atoms with Crippen LogP contribution < -0.4 is 97.4 Å². The molecule has 0 aliphatic heterocycles. The molecule has 12 rings (SSSR count). The number of aromatic nitrogens is 5. The number of hydrogen-bond donors (Lipinski definition) is 4. The molecule has 2 atom stereocenters. The van der Waals surface area contributed by atoms with Gasteiger partial charge in [0.1, 0.15) is 5.56 Å². The second-order valence-electron chi connectivity index (χ2n) is 22.2. The first-order chi connectivity index (χ1) is 48.8. The number of amides is 1. The molecular formula is C84H103Br2Cl2F3N6O10PS2-. The first-order valence-corrected chi connectivity index (χ1v) is 36.3. The normalized spacial score (nSPS) is 10.3. The molecule has 596 valence electrons. The Bertz CT molecular complexity index is 4500. The van der Waals surface area contributed by atoms with Gasteiger partial charge in [-0.05, 0) is 54.0 Å². The van der Waals surface area contributed by atoms with Gasteiger partial charge in [0.2, 0.25) is 17.9 Å². The van der Waals surface area contributed by atoms with Gasteiger partial charge in [0.15, 0.2) is 97.7 Å². The number of fused-ring (bicyclic) bond motifs is 1. The number of aromatic hydroxyl groups is 1. The average Bonchev–Trinajstić information content (AvgIpc) is 0.826. The molecule has 5 N–H and O–H groups in total. The van der Waals surface area contributed by atoms with Gasteiger partial charge in [0.25, 0.3) is 5.91 Å². The van der Waals surface area contributed by atoms with E-state index >= 15 is 0 Å². The van der Waals surface area contributed by atoms with E-state index in [1.807, 2.05) is 180 Å². The summed E-state index contributed by atoms with van der Waals surface area (Å²) >= 11 is -1.98. The maximum Gasteiger partial charge on any atom is 0.485 e. The van der Waals surface area contributed by atoms with E-state index < -0.39 is 40.5 Å². The predicted octanol–water partition coefficient (Wildman–Crippen LogP) is 1.53. The Balaban J connectivity index is -0.000000592. The predicted molar refractivity (Wildman–Crippen MR) is 419 cm³/mol. The molecule has 7 aromatic carbocycles. The average molecular weight is 1740 g/mol. The van der Waals surface area contributed by atoms with Gasteiger partial charge >= 0.3 is 5.51 Å². The van der Waals surface area contributed by atoms with E-state index in [1.54, 1.807) is 31.6 Å². The fourth-order valence-corrected chi connectivity index (χ4v) is 12.7. The monoisotopic (exact) mass is 1740 g/mol. The molecule has 0 fully saturated rings. The minimum atomic E-state index is -6.09. The van der Waals surface area contributed by atoms with E-state index in [1.165, 1.54) is 44.3 Å². The SMILES string of the molecule is C.C.C.C.C.COc1ccc[n+](Cc2ccccc2)c1.NC(=O)c1ccc[n+](Cc2ccccc2)c1.O=S(=O)([O-])C(F)(F)F.O=S([O-])CCP(CCO)c1ccccc1.OCCc1ccc[n+](Cc2ccccc2)c1.Oc1ccc[n+](Cc2ccccc2)c1.[Br-].[Br-].[Cl-].[Cl-].c1ccc(C[n+]2cccc3ccccc32)cc1. The highest BCUT2D eigenvalue weighted by molar-refractivity contribution is 7.86. The summed E-state index contributed by atoms with van der Waals surface area (Å²) in [6.45, 7) is 4.51. The smallest absolute Gasteiger partial charge is 0.485 e. The summed E-state index contributed by atoms with van der Waals surface area (Å²) in [4.78, 5) is 11.0. The molecule has 0 aliphatic carbocycles. The lowest BCUT2D eigenvalue weighted by Crippen LogP contribution is -3.00. The number of pyridine rings is 5. The number of aliphatic hydroxyl groups is 2. The maximum atomic E-state index is 11.0. The summed E-state index contributed by atoms with van der Waals surface area (Å²) in [5.74, 6) is 0.958. The third kappa shape index (κ3) is 42.5. The van der Waals surface area contributed by atoms with Crippen molar-refractivity contribution in [1.29, 1.82) is 0 Å². The standard InChI is InChI=1S/C16H14N.C14H16NO.C13H12N2O.C13H14NO.C12H11NO.C10H15O3PS.CHF3O3S.5CH4.2BrH.2ClH/c1-2-7-14(8-3-1)13-17-12-6-10-15-9-4-5-11-16(15)17;16-10-8-14-7-4-9-15(12-14)11-13-5-2-1-3-6-13;14-13(16)12-7-4-8-15(10-12)9-11-5-2-1-3-6-11;1-15-13-8-5-9-14(11-13)10-12-6-3-2-4-7-12;14-12-7-4-8-13(10-12)9-11-5-2-1-3-6-11;11-6-7-14(8-9-15(12)13)10-4-2-1-3-5-10;2-1(3,4)8(5,6)7;;;;;;;;;/h1-12H,13H2;1-7,9,12,16H,8,10-11H2;1-8,10H,9H2,(H-,14,16);2-9,11H,10H2,1H3;1-8,10H,9H2;1-5,11H,6-9H2,(H,12,13);(H,5,6,7);5*1H4;4*1H/q2*+1;;+1;;;;;;;;;;;;/p-4.